The highest BCUT2D eigenvalue weighted by Crippen LogP contribution is 2.48. The Morgan fingerprint density at radius 2 is 1.89 bits per heavy atom. The molecule has 3 aromatic rings. The number of nitrogens with one attached hydrogen (secondary N) is 2. The van der Waals surface area contributed by atoms with Crippen LogP contribution in [0, 0.1) is 11.3 Å². The second-order valence-electron chi connectivity index (χ2n) is 10.4. The fraction of sp³-hybridized carbons (Fsp3) is 0.300. The van der Waals surface area contributed by atoms with Crippen LogP contribution in [0.5, 0.6) is 11.5 Å². The second-order valence-corrected chi connectivity index (χ2v) is 10.4. The average molecular weight is 514 g/mol. The lowest BCUT2D eigenvalue weighted by molar-refractivity contribution is -0.120. The molecule has 0 saturated heterocycles. The number of hydrogen-bond acceptors (Lipinski definition) is 7. The van der Waals surface area contributed by atoms with Gasteiger partial charge in [0.2, 0.25) is 5.91 Å². The standard InChI is InChI=1S/C30H31N3O5/c1-18-26(29(35)33-25-7-5-6-14-31-25)28(27-22(32-18)15-30(2,3)16-23(27)34)24-13-12-21(38-24)17-37-20-10-8-19(36-4)9-11-20/h5-14,26,28,32H,1,15-17H2,2-4H3,(H,31,33,35). The molecule has 0 spiro atoms. The van der Waals surface area contributed by atoms with Crippen molar-refractivity contribution < 1.29 is 23.5 Å². The van der Waals surface area contributed by atoms with Crippen LogP contribution in [0.4, 0.5) is 5.82 Å². The van der Waals surface area contributed by atoms with E-state index < -0.39 is 11.8 Å². The molecule has 38 heavy (non-hydrogen) atoms. The van der Waals surface area contributed by atoms with E-state index in [0.29, 0.717) is 47.2 Å². The first-order chi connectivity index (χ1) is 18.2. The Balaban J connectivity index is 1.46. The number of hydrogen-bond donors (Lipinski definition) is 2. The normalized spacial score (nSPS) is 20.4. The number of aromatic nitrogens is 1. The predicted molar refractivity (Wildman–Crippen MR) is 142 cm³/mol. The lowest BCUT2D eigenvalue weighted by Crippen LogP contribution is -2.44. The maximum absolute atomic E-state index is 13.6. The molecule has 0 bridgehead atoms. The van der Waals surface area contributed by atoms with E-state index in [0.717, 1.165) is 11.4 Å². The summed E-state index contributed by atoms with van der Waals surface area (Å²) in [5.74, 6) is 1.21. The topological polar surface area (TPSA) is 103 Å². The minimum absolute atomic E-state index is 0.00400. The quantitative estimate of drug-likeness (QED) is 0.438. The molecule has 0 saturated carbocycles. The first-order valence-corrected chi connectivity index (χ1v) is 12.5. The summed E-state index contributed by atoms with van der Waals surface area (Å²) in [4.78, 5) is 31.3. The number of methoxy groups -OCH3 is 1. The third-order valence-corrected chi connectivity index (χ3v) is 6.88. The summed E-state index contributed by atoms with van der Waals surface area (Å²) in [6.07, 6.45) is 2.67. The SMILES string of the molecule is C=C1NC2=C(C(=O)CC(C)(C)C2)C(c2ccc(COc3ccc(OC)cc3)o2)C1C(=O)Nc1ccccn1. The van der Waals surface area contributed by atoms with E-state index >= 15 is 0 Å². The van der Waals surface area contributed by atoms with E-state index in [9.17, 15) is 9.59 Å². The Morgan fingerprint density at radius 1 is 1.13 bits per heavy atom. The second kappa shape index (κ2) is 10.2. The van der Waals surface area contributed by atoms with Crippen LogP contribution in [-0.2, 0) is 16.2 Å². The summed E-state index contributed by atoms with van der Waals surface area (Å²) < 4.78 is 17.3. The molecule has 2 aromatic heterocycles. The van der Waals surface area contributed by atoms with Crippen LogP contribution in [-0.4, -0.2) is 23.8 Å². The lowest BCUT2D eigenvalue weighted by Gasteiger charge is -2.41. The van der Waals surface area contributed by atoms with Gasteiger partial charge in [-0.25, -0.2) is 4.98 Å². The molecule has 8 nitrogen and oxygen atoms in total. The number of carbonyl (C=O) groups excluding carboxylic acids is 2. The van der Waals surface area contributed by atoms with Gasteiger partial charge >= 0.3 is 0 Å². The highest BCUT2D eigenvalue weighted by Gasteiger charge is 2.47. The number of pyridine rings is 1. The van der Waals surface area contributed by atoms with Crippen LogP contribution in [0.3, 0.4) is 0 Å². The molecule has 2 atom stereocenters. The fourth-order valence-electron chi connectivity index (χ4n) is 5.17. The van der Waals surface area contributed by atoms with Gasteiger partial charge in [0.25, 0.3) is 0 Å². The third-order valence-electron chi connectivity index (χ3n) is 6.88. The summed E-state index contributed by atoms with van der Waals surface area (Å²) in [5, 5.41) is 6.16. The average Bonchev–Trinajstić information content (AvgIpc) is 3.35. The van der Waals surface area contributed by atoms with Crippen LogP contribution in [0.1, 0.15) is 44.1 Å². The molecule has 2 aliphatic rings. The molecule has 1 aromatic carbocycles. The van der Waals surface area contributed by atoms with Crippen LogP contribution in [0.2, 0.25) is 0 Å². The van der Waals surface area contributed by atoms with Crippen molar-refractivity contribution in [2.24, 2.45) is 11.3 Å². The first-order valence-electron chi connectivity index (χ1n) is 12.5. The Kier molecular flexibility index (Phi) is 6.80. The van der Waals surface area contributed by atoms with Crippen LogP contribution < -0.4 is 20.1 Å². The van der Waals surface area contributed by atoms with Crippen molar-refractivity contribution in [3.63, 3.8) is 0 Å². The number of ketones is 1. The first kappa shape index (κ1) is 25.3. The highest BCUT2D eigenvalue weighted by molar-refractivity contribution is 6.02. The van der Waals surface area contributed by atoms with E-state index in [1.807, 2.05) is 36.4 Å². The predicted octanol–water partition coefficient (Wildman–Crippen LogP) is 5.36. The summed E-state index contributed by atoms with van der Waals surface area (Å²) in [6, 6.07) is 16.2. The zero-order chi connectivity index (χ0) is 26.9. The Hall–Kier alpha value is -4.33. The van der Waals surface area contributed by atoms with Gasteiger partial charge in [0.1, 0.15) is 35.4 Å². The number of Topliss-reactive ketones (excluding diaryl/α,β-unsaturated/α-hetero) is 1. The van der Waals surface area contributed by atoms with Gasteiger partial charge in [0.05, 0.1) is 18.9 Å². The van der Waals surface area contributed by atoms with Gasteiger partial charge in [0, 0.05) is 29.6 Å². The minimum atomic E-state index is -0.776. The monoisotopic (exact) mass is 513 g/mol. The molecule has 2 unspecified atom stereocenters. The van der Waals surface area contributed by atoms with Crippen molar-refractivity contribution in [2.75, 3.05) is 12.4 Å². The maximum atomic E-state index is 13.6. The summed E-state index contributed by atoms with van der Waals surface area (Å²) in [5.41, 5.74) is 1.70. The van der Waals surface area contributed by atoms with E-state index in [-0.39, 0.29) is 23.7 Å². The Bertz CT molecular complexity index is 1390. The number of rotatable bonds is 7. The van der Waals surface area contributed by atoms with E-state index in [4.69, 9.17) is 13.9 Å². The molecule has 196 valence electrons. The number of nitrogens with zero attached hydrogens (tertiary/aromatic N) is 1. The molecule has 8 heteroatoms. The molecule has 0 radical (unpaired) electrons. The highest BCUT2D eigenvalue weighted by atomic mass is 16.5. The number of furan rings is 1. The summed E-state index contributed by atoms with van der Waals surface area (Å²) in [6.45, 7) is 8.50. The van der Waals surface area contributed by atoms with Gasteiger partial charge in [-0.2, -0.15) is 0 Å². The van der Waals surface area contributed by atoms with Gasteiger partial charge in [-0.3, -0.25) is 9.59 Å². The smallest absolute Gasteiger partial charge is 0.235 e. The molecule has 1 aliphatic heterocycles. The van der Waals surface area contributed by atoms with Gasteiger partial charge in [0.15, 0.2) is 5.78 Å². The van der Waals surface area contributed by atoms with Crippen molar-refractivity contribution in [3.05, 3.63) is 95.9 Å². The van der Waals surface area contributed by atoms with Crippen LogP contribution in [0.25, 0.3) is 0 Å². The minimum Gasteiger partial charge on any atom is -0.497 e. The van der Waals surface area contributed by atoms with Crippen molar-refractivity contribution in [1.29, 1.82) is 0 Å². The molecular formula is C30H31N3O5. The number of carbonyl (C=O) groups is 2. The number of amides is 1. The van der Waals surface area contributed by atoms with Crippen molar-refractivity contribution in [3.8, 4) is 11.5 Å². The van der Waals surface area contributed by atoms with Crippen molar-refractivity contribution >= 4 is 17.5 Å². The van der Waals surface area contributed by atoms with Crippen LogP contribution in [0.15, 0.2) is 88.8 Å². The van der Waals surface area contributed by atoms with Gasteiger partial charge < -0.3 is 24.5 Å². The fourth-order valence-corrected chi connectivity index (χ4v) is 5.17. The van der Waals surface area contributed by atoms with Gasteiger partial charge in [-0.15, -0.1) is 0 Å². The van der Waals surface area contributed by atoms with Gasteiger partial charge in [-0.05, 0) is 60.4 Å². The summed E-state index contributed by atoms with van der Waals surface area (Å²) >= 11 is 0. The van der Waals surface area contributed by atoms with Crippen molar-refractivity contribution in [1.82, 2.24) is 10.3 Å². The molecule has 3 heterocycles. The Labute approximate surface area is 221 Å². The number of ether oxygens (including phenoxy) is 2. The Morgan fingerprint density at radius 3 is 2.61 bits per heavy atom. The summed E-state index contributed by atoms with van der Waals surface area (Å²) in [7, 11) is 1.61. The molecule has 5 rings (SSSR count). The lowest BCUT2D eigenvalue weighted by atomic mass is 9.67. The van der Waals surface area contributed by atoms with Crippen LogP contribution >= 0.6 is 0 Å². The van der Waals surface area contributed by atoms with E-state index in [1.165, 1.54) is 0 Å². The molecule has 0 fully saturated rings. The molecule has 1 aliphatic carbocycles. The number of allylic oxidation sites excluding steroid dienone is 2. The third kappa shape index (κ3) is 5.20. The zero-order valence-electron chi connectivity index (χ0n) is 21.7. The largest absolute Gasteiger partial charge is 0.497 e. The maximum Gasteiger partial charge on any atom is 0.235 e. The van der Waals surface area contributed by atoms with E-state index in [2.05, 4.69) is 36.0 Å². The van der Waals surface area contributed by atoms with Crippen molar-refractivity contribution in [2.45, 2.75) is 39.2 Å². The zero-order valence-corrected chi connectivity index (χ0v) is 21.7. The molecular weight excluding hydrogens is 482 g/mol. The number of anilines is 1. The number of benzene rings is 1. The molecule has 2 N–H and O–H groups in total. The molecule has 1 amide bonds. The van der Waals surface area contributed by atoms with Gasteiger partial charge in [-0.1, -0.05) is 26.5 Å². The van der Waals surface area contributed by atoms with E-state index in [1.54, 1.807) is 31.5 Å².